The standard InChI is InChI=1S/C25H26F6N2O3/c1-15(17-9-19(24(26,27)28)11-20(10-17)25(29,30)31)36-14-23(18-5-3-2-4-6-18)8-7-16-13-35-22(34)33-21(16)12-32-23/h2-6,9-11,15-16,21,32H,7-8,12-14H2,1H3,(H,33,34)/t15-,16-,21-,23-/m1/s1. The lowest BCUT2D eigenvalue weighted by Crippen LogP contribution is -2.54. The van der Waals surface area contributed by atoms with E-state index in [1.807, 2.05) is 30.3 Å². The van der Waals surface area contributed by atoms with Crippen LogP contribution in [0.5, 0.6) is 0 Å². The number of nitrogens with one attached hydrogen (secondary N) is 2. The first-order chi connectivity index (χ1) is 16.9. The van der Waals surface area contributed by atoms with E-state index in [1.54, 1.807) is 0 Å². The molecule has 2 aliphatic rings. The van der Waals surface area contributed by atoms with Gasteiger partial charge in [-0.2, -0.15) is 26.3 Å². The van der Waals surface area contributed by atoms with E-state index in [4.69, 9.17) is 9.47 Å². The molecule has 2 heterocycles. The molecule has 2 aromatic rings. The zero-order chi connectivity index (χ0) is 26.1. The maximum absolute atomic E-state index is 13.3. The van der Waals surface area contributed by atoms with Gasteiger partial charge in [-0.05, 0) is 49.1 Å². The van der Waals surface area contributed by atoms with Crippen molar-refractivity contribution in [1.82, 2.24) is 10.6 Å². The summed E-state index contributed by atoms with van der Waals surface area (Å²) in [4.78, 5) is 11.7. The van der Waals surface area contributed by atoms with Gasteiger partial charge in [0.05, 0.1) is 42.0 Å². The summed E-state index contributed by atoms with van der Waals surface area (Å²) in [5.74, 6) is 0.0519. The summed E-state index contributed by atoms with van der Waals surface area (Å²) in [6.07, 6.45) is -10.2. The Morgan fingerprint density at radius 1 is 1.06 bits per heavy atom. The molecular formula is C25H26F6N2O3. The second-order valence-corrected chi connectivity index (χ2v) is 9.27. The van der Waals surface area contributed by atoms with Crippen molar-refractivity contribution >= 4 is 6.09 Å². The summed E-state index contributed by atoms with van der Waals surface area (Å²) < 4.78 is 91.0. The zero-order valence-corrected chi connectivity index (χ0v) is 19.4. The Labute approximate surface area is 204 Å². The quantitative estimate of drug-likeness (QED) is 0.493. The highest BCUT2D eigenvalue weighted by Crippen LogP contribution is 2.39. The Kier molecular flexibility index (Phi) is 7.25. The van der Waals surface area contributed by atoms with Gasteiger partial charge in [-0.15, -0.1) is 0 Å². The fourth-order valence-corrected chi connectivity index (χ4v) is 4.72. The molecule has 4 atom stereocenters. The van der Waals surface area contributed by atoms with E-state index in [0.717, 1.165) is 5.56 Å². The highest BCUT2D eigenvalue weighted by atomic mass is 19.4. The first kappa shape index (κ1) is 26.3. The number of amides is 1. The lowest BCUT2D eigenvalue weighted by atomic mass is 9.84. The summed E-state index contributed by atoms with van der Waals surface area (Å²) in [6, 6.07) is 10.6. The molecule has 0 radical (unpaired) electrons. The second-order valence-electron chi connectivity index (χ2n) is 9.27. The van der Waals surface area contributed by atoms with Gasteiger partial charge in [0.2, 0.25) is 0 Å². The van der Waals surface area contributed by atoms with Crippen LogP contribution in [0.1, 0.15) is 48.1 Å². The number of carbonyl (C=O) groups is 1. The van der Waals surface area contributed by atoms with Gasteiger partial charge < -0.3 is 20.1 Å². The van der Waals surface area contributed by atoms with Gasteiger partial charge in [-0.3, -0.25) is 0 Å². The maximum Gasteiger partial charge on any atom is 0.416 e. The third-order valence-electron chi connectivity index (χ3n) is 6.89. The summed E-state index contributed by atoms with van der Waals surface area (Å²) in [5, 5.41) is 6.26. The Morgan fingerprint density at radius 3 is 2.31 bits per heavy atom. The van der Waals surface area contributed by atoms with Crippen LogP contribution in [0.4, 0.5) is 31.1 Å². The van der Waals surface area contributed by atoms with Gasteiger partial charge in [0.1, 0.15) is 0 Å². The van der Waals surface area contributed by atoms with Gasteiger partial charge >= 0.3 is 18.4 Å². The van der Waals surface area contributed by atoms with Crippen LogP contribution in [0.15, 0.2) is 48.5 Å². The number of cyclic esters (lactones) is 1. The Hall–Kier alpha value is -2.79. The fourth-order valence-electron chi connectivity index (χ4n) is 4.72. The number of hydrogen-bond acceptors (Lipinski definition) is 4. The van der Waals surface area contributed by atoms with E-state index < -0.39 is 41.2 Å². The molecule has 5 nitrogen and oxygen atoms in total. The van der Waals surface area contributed by atoms with E-state index in [0.29, 0.717) is 31.5 Å². The van der Waals surface area contributed by atoms with Crippen molar-refractivity contribution in [1.29, 1.82) is 0 Å². The van der Waals surface area contributed by atoms with Crippen molar-refractivity contribution in [2.24, 2.45) is 5.92 Å². The molecule has 2 saturated heterocycles. The van der Waals surface area contributed by atoms with Crippen LogP contribution in [-0.2, 0) is 27.4 Å². The summed E-state index contributed by atoms with van der Waals surface area (Å²) in [7, 11) is 0. The molecule has 0 saturated carbocycles. The van der Waals surface area contributed by atoms with E-state index in [2.05, 4.69) is 10.6 Å². The van der Waals surface area contributed by atoms with Crippen LogP contribution in [-0.4, -0.2) is 31.9 Å². The van der Waals surface area contributed by atoms with Crippen LogP contribution in [0, 0.1) is 5.92 Å². The average Bonchev–Trinajstić information content (AvgIpc) is 3.02. The first-order valence-electron chi connectivity index (χ1n) is 11.5. The largest absolute Gasteiger partial charge is 0.449 e. The van der Waals surface area contributed by atoms with Crippen molar-refractivity contribution in [3.05, 3.63) is 70.8 Å². The molecule has 1 amide bonds. The molecule has 0 bridgehead atoms. The monoisotopic (exact) mass is 516 g/mol. The third-order valence-corrected chi connectivity index (χ3v) is 6.89. The lowest BCUT2D eigenvalue weighted by molar-refractivity contribution is -0.143. The Morgan fingerprint density at radius 2 is 1.69 bits per heavy atom. The molecule has 11 heteroatoms. The van der Waals surface area contributed by atoms with Crippen molar-refractivity contribution < 1.29 is 40.6 Å². The molecule has 2 aromatic carbocycles. The number of benzene rings is 2. The van der Waals surface area contributed by atoms with Crippen molar-refractivity contribution in [2.45, 2.75) is 49.8 Å². The Bertz CT molecular complexity index is 1040. The van der Waals surface area contributed by atoms with Gasteiger partial charge in [-0.25, -0.2) is 4.79 Å². The predicted molar refractivity (Wildman–Crippen MR) is 118 cm³/mol. The van der Waals surface area contributed by atoms with Crippen molar-refractivity contribution in [3.8, 4) is 0 Å². The number of hydrogen-bond donors (Lipinski definition) is 2. The SMILES string of the molecule is C[C@@H](OC[C@@]1(c2ccccc2)CC[C@@H]2COC(=O)N[C@@H]2CN1)c1cc(C(F)(F)F)cc(C(F)(F)F)c1. The molecule has 2 aliphatic heterocycles. The van der Waals surface area contributed by atoms with Crippen LogP contribution in [0.2, 0.25) is 0 Å². The van der Waals surface area contributed by atoms with Crippen LogP contribution >= 0.6 is 0 Å². The molecule has 2 N–H and O–H groups in total. The van der Waals surface area contributed by atoms with Gasteiger partial charge in [-0.1, -0.05) is 30.3 Å². The number of alkyl carbamates (subject to hydrolysis) is 1. The molecule has 196 valence electrons. The van der Waals surface area contributed by atoms with Crippen LogP contribution < -0.4 is 10.6 Å². The topological polar surface area (TPSA) is 59.6 Å². The molecule has 0 unspecified atom stereocenters. The highest BCUT2D eigenvalue weighted by molar-refractivity contribution is 5.68. The van der Waals surface area contributed by atoms with Crippen molar-refractivity contribution in [3.63, 3.8) is 0 Å². The molecule has 2 fully saturated rings. The Balaban J connectivity index is 1.60. The second kappa shape index (κ2) is 9.93. The number of rotatable bonds is 5. The zero-order valence-electron chi connectivity index (χ0n) is 19.4. The number of alkyl halides is 6. The van der Waals surface area contributed by atoms with Gasteiger partial charge in [0.25, 0.3) is 0 Å². The average molecular weight is 516 g/mol. The number of fused-ring (bicyclic) bond motifs is 1. The van der Waals surface area contributed by atoms with Crippen LogP contribution in [0.25, 0.3) is 0 Å². The lowest BCUT2D eigenvalue weighted by Gasteiger charge is -2.35. The third kappa shape index (κ3) is 5.78. The smallest absolute Gasteiger partial charge is 0.416 e. The molecule has 36 heavy (non-hydrogen) atoms. The fraction of sp³-hybridized carbons (Fsp3) is 0.480. The molecular weight excluding hydrogens is 490 g/mol. The first-order valence-corrected chi connectivity index (χ1v) is 11.5. The molecule has 0 aromatic heterocycles. The number of carbonyl (C=O) groups excluding carboxylic acids is 1. The normalized spacial score (nSPS) is 25.8. The molecule has 0 spiro atoms. The minimum absolute atomic E-state index is 0.00990. The minimum Gasteiger partial charge on any atom is -0.449 e. The van der Waals surface area contributed by atoms with E-state index in [-0.39, 0.29) is 36.8 Å². The maximum atomic E-state index is 13.3. The molecule has 4 rings (SSSR count). The van der Waals surface area contributed by atoms with Gasteiger partial charge in [0.15, 0.2) is 0 Å². The summed E-state index contributed by atoms with van der Waals surface area (Å²) >= 11 is 0. The van der Waals surface area contributed by atoms with Crippen molar-refractivity contribution in [2.75, 3.05) is 19.8 Å². The summed E-state index contributed by atoms with van der Waals surface area (Å²) in [6.45, 7) is 2.09. The molecule has 0 aliphatic carbocycles. The number of halogens is 6. The van der Waals surface area contributed by atoms with E-state index in [9.17, 15) is 31.1 Å². The van der Waals surface area contributed by atoms with E-state index >= 15 is 0 Å². The van der Waals surface area contributed by atoms with Crippen LogP contribution in [0.3, 0.4) is 0 Å². The predicted octanol–water partition coefficient (Wildman–Crippen LogP) is 5.81. The minimum atomic E-state index is -4.94. The van der Waals surface area contributed by atoms with Gasteiger partial charge in [0, 0.05) is 12.5 Å². The summed E-state index contributed by atoms with van der Waals surface area (Å²) in [5.41, 5.74) is -2.89. The highest BCUT2D eigenvalue weighted by Gasteiger charge is 2.42. The van der Waals surface area contributed by atoms with E-state index in [1.165, 1.54) is 6.92 Å². The number of ether oxygens (including phenoxy) is 2.